The van der Waals surface area contributed by atoms with Gasteiger partial charge in [-0.05, 0) is 55.9 Å². The fourth-order valence-corrected chi connectivity index (χ4v) is 3.73. The van der Waals surface area contributed by atoms with Crippen LogP contribution in [0.3, 0.4) is 0 Å². The summed E-state index contributed by atoms with van der Waals surface area (Å²) in [5.41, 5.74) is 0.697. The molecule has 0 N–H and O–H groups in total. The Morgan fingerprint density at radius 3 is 2.75 bits per heavy atom. The maximum atomic E-state index is 13.0. The summed E-state index contributed by atoms with van der Waals surface area (Å²) < 4.78 is 17.3. The van der Waals surface area contributed by atoms with Gasteiger partial charge in [0, 0.05) is 18.8 Å². The standard InChI is InChI=1S/C19H25NO4/c1-22-15-8-6-14(7-9-15)19(21)20-11-17(24-12-13-4-5-13)18-16(20)3-2-10-23-18/h6-9,13,16-18H,2-5,10-12H2,1H3/t16-,17+,18+/m1/s1. The Hall–Kier alpha value is -1.59. The maximum Gasteiger partial charge on any atom is 0.254 e. The lowest BCUT2D eigenvalue weighted by Crippen LogP contribution is -2.43. The largest absolute Gasteiger partial charge is 0.497 e. The van der Waals surface area contributed by atoms with Crippen LogP contribution in [0.15, 0.2) is 24.3 Å². The Kier molecular flexibility index (Phi) is 4.46. The van der Waals surface area contributed by atoms with Crippen molar-refractivity contribution in [1.29, 1.82) is 0 Å². The number of nitrogens with zero attached hydrogens (tertiary/aromatic N) is 1. The molecule has 3 aliphatic rings. The highest BCUT2D eigenvalue weighted by atomic mass is 16.5. The number of ether oxygens (including phenoxy) is 3. The molecule has 3 fully saturated rings. The second-order valence-electron chi connectivity index (χ2n) is 7.05. The predicted octanol–water partition coefficient (Wildman–Crippen LogP) is 2.49. The van der Waals surface area contributed by atoms with Crippen LogP contribution in [-0.2, 0) is 9.47 Å². The summed E-state index contributed by atoms with van der Waals surface area (Å²) in [6, 6.07) is 7.46. The molecule has 4 rings (SSSR count). The zero-order valence-electron chi connectivity index (χ0n) is 14.1. The first-order chi connectivity index (χ1) is 11.8. The third kappa shape index (κ3) is 3.15. The second-order valence-corrected chi connectivity index (χ2v) is 7.05. The van der Waals surface area contributed by atoms with Gasteiger partial charge in [-0.1, -0.05) is 0 Å². The first-order valence-electron chi connectivity index (χ1n) is 8.94. The first-order valence-corrected chi connectivity index (χ1v) is 8.94. The lowest BCUT2D eigenvalue weighted by atomic mass is 10.0. The van der Waals surface area contributed by atoms with Crippen molar-refractivity contribution in [2.45, 2.75) is 43.9 Å². The number of rotatable bonds is 5. The molecule has 2 aliphatic heterocycles. The average Bonchev–Trinajstić information content (AvgIpc) is 3.40. The van der Waals surface area contributed by atoms with Crippen molar-refractivity contribution in [3.05, 3.63) is 29.8 Å². The van der Waals surface area contributed by atoms with Crippen molar-refractivity contribution in [3.8, 4) is 5.75 Å². The van der Waals surface area contributed by atoms with Crippen LogP contribution in [-0.4, -0.2) is 55.9 Å². The molecule has 2 saturated heterocycles. The minimum absolute atomic E-state index is 0.0121. The molecule has 1 amide bonds. The summed E-state index contributed by atoms with van der Waals surface area (Å²) in [6.07, 6.45) is 4.59. The van der Waals surface area contributed by atoms with Gasteiger partial charge in [0.25, 0.3) is 5.91 Å². The summed E-state index contributed by atoms with van der Waals surface area (Å²) in [5, 5.41) is 0. The fraction of sp³-hybridized carbons (Fsp3) is 0.632. The van der Waals surface area contributed by atoms with Crippen molar-refractivity contribution in [2.24, 2.45) is 5.92 Å². The first kappa shape index (κ1) is 15.9. The maximum absolute atomic E-state index is 13.0. The van der Waals surface area contributed by atoms with E-state index in [0.29, 0.717) is 12.1 Å². The molecule has 0 unspecified atom stereocenters. The van der Waals surface area contributed by atoms with Crippen molar-refractivity contribution in [2.75, 3.05) is 26.9 Å². The van der Waals surface area contributed by atoms with Crippen LogP contribution in [0, 0.1) is 5.92 Å². The summed E-state index contributed by atoms with van der Waals surface area (Å²) in [7, 11) is 1.63. The molecule has 2 heterocycles. The number of hydrogen-bond acceptors (Lipinski definition) is 4. The molecule has 1 saturated carbocycles. The van der Waals surface area contributed by atoms with Gasteiger partial charge in [-0.15, -0.1) is 0 Å². The van der Waals surface area contributed by atoms with E-state index in [-0.39, 0.29) is 24.2 Å². The Bertz CT molecular complexity index is 584. The van der Waals surface area contributed by atoms with E-state index in [2.05, 4.69) is 0 Å². The number of amides is 1. The molecule has 5 nitrogen and oxygen atoms in total. The smallest absolute Gasteiger partial charge is 0.254 e. The van der Waals surface area contributed by atoms with E-state index in [1.54, 1.807) is 7.11 Å². The Labute approximate surface area is 142 Å². The molecule has 1 aromatic carbocycles. The van der Waals surface area contributed by atoms with Gasteiger partial charge in [-0.3, -0.25) is 4.79 Å². The molecule has 0 radical (unpaired) electrons. The lowest BCUT2D eigenvalue weighted by Gasteiger charge is -2.32. The molecule has 1 aromatic rings. The molecular formula is C19H25NO4. The molecule has 130 valence electrons. The predicted molar refractivity (Wildman–Crippen MR) is 89.3 cm³/mol. The van der Waals surface area contributed by atoms with E-state index in [1.165, 1.54) is 12.8 Å². The van der Waals surface area contributed by atoms with Crippen LogP contribution >= 0.6 is 0 Å². The summed E-state index contributed by atoms with van der Waals surface area (Å²) >= 11 is 0. The number of hydrogen-bond donors (Lipinski definition) is 0. The third-order valence-electron chi connectivity index (χ3n) is 5.32. The molecule has 0 aromatic heterocycles. The molecule has 0 bridgehead atoms. The highest BCUT2D eigenvalue weighted by Crippen LogP contribution is 2.34. The van der Waals surface area contributed by atoms with E-state index < -0.39 is 0 Å². The van der Waals surface area contributed by atoms with Crippen molar-refractivity contribution < 1.29 is 19.0 Å². The molecule has 3 atom stereocenters. The molecule has 5 heteroatoms. The zero-order valence-corrected chi connectivity index (χ0v) is 14.1. The van der Waals surface area contributed by atoms with Crippen LogP contribution in [0.25, 0.3) is 0 Å². The Balaban J connectivity index is 1.48. The normalized spacial score (nSPS) is 29.4. The monoisotopic (exact) mass is 331 g/mol. The quantitative estimate of drug-likeness (QED) is 0.832. The number of methoxy groups -OCH3 is 1. The number of carbonyl (C=O) groups is 1. The topological polar surface area (TPSA) is 48.0 Å². The highest BCUT2D eigenvalue weighted by molar-refractivity contribution is 5.94. The Morgan fingerprint density at radius 1 is 1.25 bits per heavy atom. The van der Waals surface area contributed by atoms with Crippen LogP contribution in [0.1, 0.15) is 36.0 Å². The summed E-state index contributed by atoms with van der Waals surface area (Å²) in [5.74, 6) is 1.55. The van der Waals surface area contributed by atoms with E-state index in [1.807, 2.05) is 29.2 Å². The number of likely N-dealkylation sites (tertiary alicyclic amines) is 1. The van der Waals surface area contributed by atoms with Gasteiger partial charge >= 0.3 is 0 Å². The van der Waals surface area contributed by atoms with Crippen LogP contribution in [0.4, 0.5) is 0 Å². The minimum atomic E-state index is 0.0121. The van der Waals surface area contributed by atoms with Crippen molar-refractivity contribution in [3.63, 3.8) is 0 Å². The number of benzene rings is 1. The summed E-state index contributed by atoms with van der Waals surface area (Å²) in [4.78, 5) is 14.9. The van der Waals surface area contributed by atoms with Gasteiger partial charge < -0.3 is 19.1 Å². The van der Waals surface area contributed by atoms with Gasteiger partial charge in [0.2, 0.25) is 0 Å². The molecule has 24 heavy (non-hydrogen) atoms. The average molecular weight is 331 g/mol. The SMILES string of the molecule is COc1ccc(C(=O)N2C[C@H](OCC3CC3)[C@H]3OCCC[C@H]32)cc1. The molecule has 1 aliphatic carbocycles. The zero-order chi connectivity index (χ0) is 16.5. The van der Waals surface area contributed by atoms with Gasteiger partial charge in [0.1, 0.15) is 18.0 Å². The van der Waals surface area contributed by atoms with E-state index in [4.69, 9.17) is 14.2 Å². The molecule has 0 spiro atoms. The van der Waals surface area contributed by atoms with Crippen molar-refractivity contribution in [1.82, 2.24) is 4.90 Å². The third-order valence-corrected chi connectivity index (χ3v) is 5.32. The van der Waals surface area contributed by atoms with Gasteiger partial charge in [-0.25, -0.2) is 0 Å². The van der Waals surface area contributed by atoms with Crippen LogP contribution in [0.5, 0.6) is 5.75 Å². The van der Waals surface area contributed by atoms with Gasteiger partial charge in [0.15, 0.2) is 0 Å². The minimum Gasteiger partial charge on any atom is -0.497 e. The van der Waals surface area contributed by atoms with Gasteiger partial charge in [0.05, 0.1) is 19.7 Å². The number of fused-ring (bicyclic) bond motifs is 1. The fourth-order valence-electron chi connectivity index (χ4n) is 3.73. The van der Waals surface area contributed by atoms with Gasteiger partial charge in [-0.2, -0.15) is 0 Å². The number of carbonyl (C=O) groups excluding carboxylic acids is 1. The lowest BCUT2D eigenvalue weighted by molar-refractivity contribution is -0.0781. The van der Waals surface area contributed by atoms with E-state index >= 15 is 0 Å². The van der Waals surface area contributed by atoms with Crippen LogP contribution in [0.2, 0.25) is 0 Å². The molecular weight excluding hydrogens is 306 g/mol. The van der Waals surface area contributed by atoms with E-state index in [9.17, 15) is 4.79 Å². The van der Waals surface area contributed by atoms with Crippen LogP contribution < -0.4 is 4.74 Å². The second kappa shape index (κ2) is 6.73. The Morgan fingerprint density at radius 2 is 2.04 bits per heavy atom. The van der Waals surface area contributed by atoms with E-state index in [0.717, 1.165) is 37.7 Å². The summed E-state index contributed by atoms with van der Waals surface area (Å²) in [6.45, 7) is 2.21. The van der Waals surface area contributed by atoms with Crippen molar-refractivity contribution >= 4 is 5.91 Å². The highest BCUT2D eigenvalue weighted by Gasteiger charge is 2.47.